The fourth-order valence-electron chi connectivity index (χ4n) is 1.72. The number of aromatic hydroxyl groups is 1. The first kappa shape index (κ1) is 12.3. The van der Waals surface area contributed by atoms with E-state index < -0.39 is 0 Å². The van der Waals surface area contributed by atoms with Crippen LogP contribution in [0.3, 0.4) is 0 Å². The number of phenols is 1. The lowest BCUT2D eigenvalue weighted by molar-refractivity contribution is -0.111. The third kappa shape index (κ3) is 2.39. The Labute approximate surface area is 118 Å². The number of carbonyl (C=O) groups is 1. The summed E-state index contributed by atoms with van der Waals surface area (Å²) in [6, 6.07) is 7.06. The number of para-hydroxylation sites is 1. The highest BCUT2D eigenvalue weighted by atomic mass is 33.1. The standard InChI is InChI=1S/C14H9NO2S2/c16-11-7-3-1-5-9(11)13-15-14(19-18-13)10-6-2-4-8-12(10)17/h1-8,16H/b14-10-. The molecule has 0 radical (unpaired) electrons. The van der Waals surface area contributed by atoms with E-state index in [2.05, 4.69) is 4.99 Å². The van der Waals surface area contributed by atoms with E-state index >= 15 is 0 Å². The summed E-state index contributed by atoms with van der Waals surface area (Å²) in [6.07, 6.45) is 6.83. The van der Waals surface area contributed by atoms with Crippen molar-refractivity contribution in [1.29, 1.82) is 0 Å². The minimum absolute atomic E-state index is 0.0344. The molecule has 1 heterocycles. The molecule has 5 heteroatoms. The van der Waals surface area contributed by atoms with Crippen molar-refractivity contribution in [2.24, 2.45) is 4.99 Å². The topological polar surface area (TPSA) is 49.7 Å². The minimum Gasteiger partial charge on any atom is -0.507 e. The van der Waals surface area contributed by atoms with Gasteiger partial charge in [-0.1, -0.05) is 24.3 Å². The Morgan fingerprint density at radius 1 is 1.05 bits per heavy atom. The average Bonchev–Trinajstić information content (AvgIpc) is 2.89. The Morgan fingerprint density at radius 3 is 2.63 bits per heavy atom. The second kappa shape index (κ2) is 5.11. The predicted molar refractivity (Wildman–Crippen MR) is 80.1 cm³/mol. The molecular weight excluding hydrogens is 278 g/mol. The summed E-state index contributed by atoms with van der Waals surface area (Å²) in [7, 11) is 2.89. The highest BCUT2D eigenvalue weighted by Gasteiger charge is 2.22. The molecule has 19 heavy (non-hydrogen) atoms. The second-order valence-electron chi connectivity index (χ2n) is 3.90. The van der Waals surface area contributed by atoms with Crippen molar-refractivity contribution < 1.29 is 9.90 Å². The second-order valence-corrected chi connectivity index (χ2v) is 6.01. The largest absolute Gasteiger partial charge is 0.507 e. The molecule has 0 unspecified atom stereocenters. The maximum atomic E-state index is 11.8. The van der Waals surface area contributed by atoms with Crippen LogP contribution < -0.4 is 0 Å². The molecule has 0 saturated carbocycles. The van der Waals surface area contributed by atoms with Crippen molar-refractivity contribution in [3.8, 4) is 5.75 Å². The van der Waals surface area contributed by atoms with Gasteiger partial charge in [-0.2, -0.15) is 0 Å². The number of ketones is 1. The number of hydrogen-bond donors (Lipinski definition) is 1. The van der Waals surface area contributed by atoms with Crippen LogP contribution >= 0.6 is 21.6 Å². The SMILES string of the molecule is O=C1C=CC=C/C1=C1\N=C(c2ccccc2O)SS1. The normalized spacial score (nSPS) is 21.9. The fraction of sp³-hybridized carbons (Fsp3) is 0. The molecule has 1 aromatic carbocycles. The van der Waals surface area contributed by atoms with E-state index in [1.807, 2.05) is 18.2 Å². The summed E-state index contributed by atoms with van der Waals surface area (Å²) < 4.78 is 0. The van der Waals surface area contributed by atoms with Crippen molar-refractivity contribution in [1.82, 2.24) is 0 Å². The molecular formula is C14H9NO2S2. The third-order valence-corrected chi connectivity index (χ3v) is 4.87. The van der Waals surface area contributed by atoms with Crippen molar-refractivity contribution in [2.75, 3.05) is 0 Å². The van der Waals surface area contributed by atoms with E-state index in [9.17, 15) is 9.90 Å². The molecule has 0 saturated heterocycles. The first-order valence-corrected chi connectivity index (χ1v) is 7.75. The number of carbonyl (C=O) groups excluding carboxylic acids is 1. The summed E-state index contributed by atoms with van der Waals surface area (Å²) in [6.45, 7) is 0. The van der Waals surface area contributed by atoms with Gasteiger partial charge in [-0.25, -0.2) is 4.99 Å². The van der Waals surface area contributed by atoms with Gasteiger partial charge in [0.15, 0.2) is 5.78 Å². The van der Waals surface area contributed by atoms with Gasteiger partial charge in [0, 0.05) is 5.56 Å². The lowest BCUT2D eigenvalue weighted by Gasteiger charge is -2.02. The van der Waals surface area contributed by atoms with Crippen LogP contribution in [0.15, 0.2) is 64.2 Å². The van der Waals surface area contributed by atoms with Gasteiger partial charge < -0.3 is 5.11 Å². The molecule has 0 atom stereocenters. The monoisotopic (exact) mass is 287 g/mol. The van der Waals surface area contributed by atoms with Gasteiger partial charge in [-0.05, 0) is 45.9 Å². The lowest BCUT2D eigenvalue weighted by atomic mass is 10.1. The average molecular weight is 287 g/mol. The van der Waals surface area contributed by atoms with Crippen molar-refractivity contribution in [3.63, 3.8) is 0 Å². The number of benzene rings is 1. The van der Waals surface area contributed by atoms with Crippen LogP contribution in [-0.2, 0) is 4.79 Å². The summed E-state index contributed by atoms with van der Waals surface area (Å²) >= 11 is 0. The molecule has 0 amide bonds. The smallest absolute Gasteiger partial charge is 0.188 e. The van der Waals surface area contributed by atoms with Crippen LogP contribution in [0.5, 0.6) is 5.75 Å². The molecule has 3 rings (SSSR count). The number of hydrogen-bond acceptors (Lipinski definition) is 5. The van der Waals surface area contributed by atoms with E-state index in [0.717, 1.165) is 5.04 Å². The Bertz CT molecular complexity index is 672. The number of aliphatic imine (C=N–C) groups is 1. The Morgan fingerprint density at radius 2 is 1.84 bits per heavy atom. The summed E-state index contributed by atoms with van der Waals surface area (Å²) in [5.74, 6) is 0.166. The Hall–Kier alpha value is -1.72. The van der Waals surface area contributed by atoms with Gasteiger partial charge in [-0.3, -0.25) is 4.79 Å². The van der Waals surface area contributed by atoms with Gasteiger partial charge >= 0.3 is 0 Å². The van der Waals surface area contributed by atoms with Gasteiger partial charge in [0.05, 0.1) is 5.57 Å². The summed E-state index contributed by atoms with van der Waals surface area (Å²) in [5.41, 5.74) is 1.30. The van der Waals surface area contributed by atoms with E-state index in [-0.39, 0.29) is 11.5 Å². The zero-order chi connectivity index (χ0) is 13.2. The number of phenolic OH excluding ortho intramolecular Hbond substituents is 1. The Balaban J connectivity index is 2.00. The highest BCUT2D eigenvalue weighted by molar-refractivity contribution is 8.84. The molecule has 0 spiro atoms. The van der Waals surface area contributed by atoms with Crippen LogP contribution in [0.25, 0.3) is 0 Å². The van der Waals surface area contributed by atoms with Crippen LogP contribution in [0.4, 0.5) is 0 Å². The Kier molecular flexibility index (Phi) is 3.31. The van der Waals surface area contributed by atoms with E-state index in [0.29, 0.717) is 16.2 Å². The number of nitrogens with zero attached hydrogens (tertiary/aromatic N) is 1. The molecule has 0 aromatic heterocycles. The fourth-order valence-corrected chi connectivity index (χ4v) is 3.95. The van der Waals surface area contributed by atoms with Gasteiger partial charge in [0.25, 0.3) is 0 Å². The number of allylic oxidation sites excluding steroid dienone is 5. The van der Waals surface area contributed by atoms with Gasteiger partial charge in [0.2, 0.25) is 0 Å². The lowest BCUT2D eigenvalue weighted by Crippen LogP contribution is -2.00. The molecule has 1 aromatic rings. The molecule has 2 aliphatic rings. The maximum Gasteiger partial charge on any atom is 0.188 e. The van der Waals surface area contributed by atoms with Crippen LogP contribution in [0, 0.1) is 0 Å². The van der Waals surface area contributed by atoms with Crippen molar-refractivity contribution in [2.45, 2.75) is 0 Å². The summed E-state index contributed by atoms with van der Waals surface area (Å²) in [4.78, 5) is 16.2. The van der Waals surface area contributed by atoms with E-state index in [1.54, 1.807) is 24.3 Å². The zero-order valence-corrected chi connectivity index (χ0v) is 11.4. The number of rotatable bonds is 1. The van der Waals surface area contributed by atoms with Crippen LogP contribution in [0.2, 0.25) is 0 Å². The molecule has 1 aliphatic carbocycles. The predicted octanol–water partition coefficient (Wildman–Crippen LogP) is 3.44. The molecule has 1 aliphatic heterocycles. The van der Waals surface area contributed by atoms with Gasteiger partial charge in [-0.15, -0.1) is 0 Å². The highest BCUT2D eigenvalue weighted by Crippen LogP contribution is 2.44. The molecule has 1 N–H and O–H groups in total. The molecule has 94 valence electrons. The van der Waals surface area contributed by atoms with Gasteiger partial charge in [0.1, 0.15) is 15.8 Å². The first-order valence-electron chi connectivity index (χ1n) is 5.60. The van der Waals surface area contributed by atoms with E-state index in [4.69, 9.17) is 0 Å². The first-order chi connectivity index (χ1) is 9.25. The van der Waals surface area contributed by atoms with Crippen LogP contribution in [-0.4, -0.2) is 15.9 Å². The summed E-state index contributed by atoms with van der Waals surface area (Å²) in [5, 5.41) is 11.2. The molecule has 3 nitrogen and oxygen atoms in total. The molecule has 0 bridgehead atoms. The third-order valence-electron chi connectivity index (χ3n) is 2.65. The van der Waals surface area contributed by atoms with Crippen molar-refractivity contribution >= 4 is 32.4 Å². The maximum absolute atomic E-state index is 11.8. The quantitative estimate of drug-likeness (QED) is 0.635. The zero-order valence-electron chi connectivity index (χ0n) is 9.74. The van der Waals surface area contributed by atoms with E-state index in [1.165, 1.54) is 27.7 Å². The minimum atomic E-state index is -0.0344. The van der Waals surface area contributed by atoms with Crippen molar-refractivity contribution in [3.05, 3.63) is 64.7 Å². The molecule has 0 fully saturated rings. The van der Waals surface area contributed by atoms with Crippen LogP contribution in [0.1, 0.15) is 5.56 Å².